The summed E-state index contributed by atoms with van der Waals surface area (Å²) in [6.07, 6.45) is -2.00. The van der Waals surface area contributed by atoms with Crippen molar-refractivity contribution in [3.05, 3.63) is 0 Å². The molecule has 0 saturated carbocycles. The van der Waals surface area contributed by atoms with Gasteiger partial charge in [0.25, 0.3) is 0 Å². The largest absolute Gasteiger partial charge is 0.240 e. The predicted molar refractivity (Wildman–Crippen MR) is 31.1 cm³/mol. The highest BCUT2D eigenvalue weighted by atomic mass is 35.5. The van der Waals surface area contributed by atoms with E-state index in [4.69, 9.17) is 23.2 Å². The van der Waals surface area contributed by atoms with Crippen LogP contribution in [0.15, 0.2) is 0 Å². The van der Waals surface area contributed by atoms with Crippen LogP contribution in [0, 0.1) is 0 Å². The van der Waals surface area contributed by atoms with E-state index >= 15 is 0 Å². The normalized spacial score (nSPS) is 18.8. The number of halogens is 5. The van der Waals surface area contributed by atoms with Gasteiger partial charge in [0.2, 0.25) is 5.63 Å². The van der Waals surface area contributed by atoms with E-state index in [2.05, 4.69) is 11.6 Å². The Morgan fingerprint density at radius 2 is 1.38 bits per heavy atom. The van der Waals surface area contributed by atoms with Crippen LogP contribution in [0.5, 0.6) is 0 Å². The average molecular weight is 183 g/mol. The molecule has 50 valence electrons. The van der Waals surface area contributed by atoms with Crippen LogP contribution >= 0.6 is 34.8 Å². The van der Waals surface area contributed by atoms with Gasteiger partial charge >= 0.3 is 0 Å². The van der Waals surface area contributed by atoms with E-state index in [1.165, 1.54) is 0 Å². The summed E-state index contributed by atoms with van der Waals surface area (Å²) in [5.41, 5.74) is -2.12. The quantitative estimate of drug-likeness (QED) is 0.578. The van der Waals surface area contributed by atoms with Crippen molar-refractivity contribution in [3.8, 4) is 0 Å². The molecule has 2 atom stereocenters. The van der Waals surface area contributed by atoms with Gasteiger partial charge in [0.1, 0.15) is 4.84 Å². The minimum Gasteiger partial charge on any atom is -0.240 e. The Balaban J connectivity index is 3.46. The summed E-state index contributed by atoms with van der Waals surface area (Å²) in [6, 6.07) is 0. The molecular weight excluding hydrogens is 180 g/mol. The zero-order valence-corrected chi connectivity index (χ0v) is 5.89. The lowest BCUT2D eigenvalue weighted by molar-refractivity contribution is 0.243. The maximum absolute atomic E-state index is 11.9. The van der Waals surface area contributed by atoms with Gasteiger partial charge in [-0.2, -0.15) is 0 Å². The van der Waals surface area contributed by atoms with Crippen molar-refractivity contribution in [2.75, 3.05) is 0 Å². The Hall–Kier alpha value is 0.730. The van der Waals surface area contributed by atoms with E-state index in [1.54, 1.807) is 0 Å². The summed E-state index contributed by atoms with van der Waals surface area (Å²) >= 11 is 14.4. The van der Waals surface area contributed by atoms with Gasteiger partial charge in [-0.05, 0) is 0 Å². The Bertz CT molecular complexity index is 57.5. The zero-order valence-electron chi connectivity index (χ0n) is 3.62. The Kier molecular flexibility index (Phi) is 4.04. The van der Waals surface area contributed by atoms with Crippen LogP contribution < -0.4 is 0 Å². The van der Waals surface area contributed by atoms with Crippen molar-refractivity contribution < 1.29 is 8.78 Å². The lowest BCUT2D eigenvalue weighted by Gasteiger charge is -2.05. The van der Waals surface area contributed by atoms with E-state index in [0.717, 1.165) is 0 Å². The summed E-state index contributed by atoms with van der Waals surface area (Å²) in [4.78, 5) is -1.39. The molecule has 0 fully saturated rings. The van der Waals surface area contributed by atoms with E-state index in [1.807, 2.05) is 0 Å². The molecule has 0 aromatic carbocycles. The Morgan fingerprint density at radius 1 is 1.00 bits per heavy atom. The molecule has 0 amide bonds. The fraction of sp³-hybridized carbons (Fsp3) is 1.00. The van der Waals surface area contributed by atoms with Gasteiger partial charge in [0.15, 0.2) is 6.17 Å². The molecule has 0 aromatic heterocycles. The number of hydrogen-bond acceptors (Lipinski definition) is 0. The van der Waals surface area contributed by atoms with Crippen LogP contribution in [0.25, 0.3) is 0 Å². The average Bonchev–Trinajstić information content (AvgIpc) is 1.64. The van der Waals surface area contributed by atoms with Crippen LogP contribution in [-0.2, 0) is 0 Å². The van der Waals surface area contributed by atoms with E-state index in [0.29, 0.717) is 0 Å². The number of alkyl halides is 5. The third kappa shape index (κ3) is 2.90. The standard InChI is InChI=1S/C3H3Cl3F2/c4-2(5)1(7)3(6)8/h1-3H. The maximum Gasteiger partial charge on any atom is 0.207 e. The Morgan fingerprint density at radius 3 is 1.38 bits per heavy atom. The van der Waals surface area contributed by atoms with Crippen molar-refractivity contribution >= 4 is 34.8 Å². The maximum atomic E-state index is 11.9. The monoisotopic (exact) mass is 182 g/mol. The molecule has 0 N–H and O–H groups in total. The summed E-state index contributed by atoms with van der Waals surface area (Å²) in [5.74, 6) is 0. The second kappa shape index (κ2) is 3.70. The Labute approximate surface area is 60.7 Å². The van der Waals surface area contributed by atoms with Crippen molar-refractivity contribution in [3.63, 3.8) is 0 Å². The lowest BCUT2D eigenvalue weighted by Crippen LogP contribution is -2.18. The smallest absolute Gasteiger partial charge is 0.207 e. The van der Waals surface area contributed by atoms with Crippen molar-refractivity contribution in [2.45, 2.75) is 16.6 Å². The number of rotatable bonds is 2. The van der Waals surface area contributed by atoms with Crippen LogP contribution in [0.1, 0.15) is 0 Å². The fourth-order valence-corrected chi connectivity index (χ4v) is 0.660. The SMILES string of the molecule is FC(Cl)C(F)C(Cl)Cl. The van der Waals surface area contributed by atoms with Gasteiger partial charge in [-0.15, -0.1) is 23.2 Å². The first-order valence-electron chi connectivity index (χ1n) is 1.76. The van der Waals surface area contributed by atoms with Gasteiger partial charge in [-0.25, -0.2) is 8.78 Å². The van der Waals surface area contributed by atoms with Crippen LogP contribution in [0.3, 0.4) is 0 Å². The van der Waals surface area contributed by atoms with E-state index < -0.39 is 16.6 Å². The molecule has 0 heterocycles. The summed E-state index contributed by atoms with van der Waals surface area (Å²) in [7, 11) is 0. The topological polar surface area (TPSA) is 0 Å². The molecule has 0 rings (SSSR count). The first-order chi connectivity index (χ1) is 3.55. The molecule has 2 unspecified atom stereocenters. The van der Waals surface area contributed by atoms with Gasteiger partial charge in [0.05, 0.1) is 0 Å². The van der Waals surface area contributed by atoms with E-state index in [9.17, 15) is 8.78 Å². The fourth-order valence-electron chi connectivity index (χ4n) is 0.110. The molecule has 0 aliphatic carbocycles. The minimum atomic E-state index is -2.12. The van der Waals surface area contributed by atoms with Gasteiger partial charge in [0, 0.05) is 0 Å². The molecule has 0 aliphatic heterocycles. The molecule has 0 spiro atoms. The van der Waals surface area contributed by atoms with Gasteiger partial charge in [-0.1, -0.05) is 11.6 Å². The van der Waals surface area contributed by atoms with Gasteiger partial charge in [-0.3, -0.25) is 0 Å². The molecule has 0 bridgehead atoms. The van der Waals surface area contributed by atoms with Crippen LogP contribution in [0.2, 0.25) is 0 Å². The first kappa shape index (κ1) is 8.73. The first-order valence-corrected chi connectivity index (χ1v) is 3.07. The lowest BCUT2D eigenvalue weighted by atomic mass is 10.5. The molecule has 5 heteroatoms. The van der Waals surface area contributed by atoms with Gasteiger partial charge < -0.3 is 0 Å². The second-order valence-corrected chi connectivity index (χ2v) is 2.69. The van der Waals surface area contributed by atoms with Crippen molar-refractivity contribution in [1.82, 2.24) is 0 Å². The molecule has 0 aromatic rings. The third-order valence-electron chi connectivity index (χ3n) is 0.481. The van der Waals surface area contributed by atoms with Crippen molar-refractivity contribution in [1.29, 1.82) is 0 Å². The molecule has 0 radical (unpaired) electrons. The molecule has 8 heavy (non-hydrogen) atoms. The van der Waals surface area contributed by atoms with Crippen LogP contribution in [0.4, 0.5) is 8.78 Å². The zero-order chi connectivity index (χ0) is 6.73. The van der Waals surface area contributed by atoms with Crippen LogP contribution in [-0.4, -0.2) is 16.6 Å². The summed E-state index contributed by atoms with van der Waals surface area (Å²) in [6.45, 7) is 0. The highest BCUT2D eigenvalue weighted by Crippen LogP contribution is 2.19. The number of hydrogen-bond donors (Lipinski definition) is 0. The highest BCUT2D eigenvalue weighted by molar-refractivity contribution is 6.45. The van der Waals surface area contributed by atoms with Crippen molar-refractivity contribution in [2.24, 2.45) is 0 Å². The minimum absolute atomic E-state index is 1.39. The molecule has 0 nitrogen and oxygen atoms in total. The van der Waals surface area contributed by atoms with E-state index in [-0.39, 0.29) is 0 Å². The molecule has 0 saturated heterocycles. The third-order valence-corrected chi connectivity index (χ3v) is 1.20. The predicted octanol–water partition coefficient (Wildman–Crippen LogP) is 2.66. The second-order valence-electron chi connectivity index (χ2n) is 1.11. The molecule has 0 aliphatic rings. The summed E-state index contributed by atoms with van der Waals surface area (Å²) in [5, 5.41) is 0. The highest BCUT2D eigenvalue weighted by Gasteiger charge is 2.24. The summed E-state index contributed by atoms with van der Waals surface area (Å²) < 4.78 is 23.4. The molecular formula is C3H3Cl3F2.